The van der Waals surface area contributed by atoms with E-state index >= 15 is 0 Å². The van der Waals surface area contributed by atoms with Crippen LogP contribution < -0.4 is 5.32 Å². The van der Waals surface area contributed by atoms with E-state index in [0.29, 0.717) is 13.2 Å². The molecule has 98 valence electrons. The van der Waals surface area contributed by atoms with E-state index in [2.05, 4.69) is 5.32 Å². The second-order valence-corrected chi connectivity index (χ2v) is 3.75. The van der Waals surface area contributed by atoms with Crippen LogP contribution in [-0.2, 0) is 19.1 Å². The molecule has 1 amide bonds. The van der Waals surface area contributed by atoms with E-state index in [1.807, 2.05) is 0 Å². The van der Waals surface area contributed by atoms with Crippen molar-refractivity contribution < 1.29 is 24.2 Å². The number of carboxylic acids is 1. The molecule has 1 aliphatic heterocycles. The lowest BCUT2D eigenvalue weighted by molar-refractivity contribution is -0.153. The van der Waals surface area contributed by atoms with Gasteiger partial charge in [0.2, 0.25) is 5.91 Å². The summed E-state index contributed by atoms with van der Waals surface area (Å²) in [5.74, 6) is -1.24. The van der Waals surface area contributed by atoms with Crippen LogP contribution in [0.1, 0.15) is 0 Å². The molecule has 1 saturated heterocycles. The summed E-state index contributed by atoms with van der Waals surface area (Å²) in [6.45, 7) is 1.06. The van der Waals surface area contributed by atoms with Crippen LogP contribution in [0.25, 0.3) is 0 Å². The Bertz CT molecular complexity index is 280. The van der Waals surface area contributed by atoms with Crippen molar-refractivity contribution in [3.05, 3.63) is 0 Å². The van der Waals surface area contributed by atoms with Crippen LogP contribution in [0.15, 0.2) is 0 Å². The molecule has 0 aromatic rings. The van der Waals surface area contributed by atoms with Gasteiger partial charge in [-0.1, -0.05) is 0 Å². The molecule has 1 heterocycles. The van der Waals surface area contributed by atoms with Gasteiger partial charge in [-0.25, -0.2) is 0 Å². The first-order valence-corrected chi connectivity index (χ1v) is 5.38. The predicted molar refractivity (Wildman–Crippen MR) is 58.7 cm³/mol. The Balaban J connectivity index is 2.80. The summed E-state index contributed by atoms with van der Waals surface area (Å²) in [7, 11) is 2.95. The Morgan fingerprint density at radius 1 is 1.65 bits per heavy atom. The highest BCUT2D eigenvalue weighted by Crippen LogP contribution is 2.12. The van der Waals surface area contributed by atoms with Gasteiger partial charge in [-0.15, -0.1) is 0 Å². The first-order valence-electron chi connectivity index (χ1n) is 5.38. The average Bonchev–Trinajstić information content (AvgIpc) is 2.34. The van der Waals surface area contributed by atoms with Crippen molar-refractivity contribution in [1.29, 1.82) is 0 Å². The Labute approximate surface area is 99.7 Å². The molecule has 0 spiro atoms. The normalized spacial score (nSPS) is 23.1. The summed E-state index contributed by atoms with van der Waals surface area (Å²) in [6, 6.07) is -1.41. The standard InChI is InChI=1S/C10H18N2O5/c1-11-9(13)7-6-17-4-3-12(7)8(5-16-2)10(14)15/h7-8H,3-6H2,1-2H3,(H,11,13)(H,14,15). The highest BCUT2D eigenvalue weighted by molar-refractivity contribution is 5.83. The number of carboxylic acid groups (broad SMARTS) is 1. The first-order chi connectivity index (χ1) is 8.11. The molecule has 7 heteroatoms. The minimum absolute atomic E-state index is 0.0445. The molecule has 17 heavy (non-hydrogen) atoms. The molecule has 2 unspecified atom stereocenters. The average molecular weight is 246 g/mol. The summed E-state index contributed by atoms with van der Waals surface area (Å²) in [6.07, 6.45) is 0. The van der Waals surface area contributed by atoms with Gasteiger partial charge in [0.05, 0.1) is 19.8 Å². The Hall–Kier alpha value is -1.18. The third kappa shape index (κ3) is 3.39. The largest absolute Gasteiger partial charge is 0.480 e. The molecule has 2 atom stereocenters. The van der Waals surface area contributed by atoms with Crippen molar-refractivity contribution in [1.82, 2.24) is 10.2 Å². The van der Waals surface area contributed by atoms with Crippen LogP contribution >= 0.6 is 0 Å². The minimum atomic E-state index is -0.998. The third-order valence-corrected chi connectivity index (χ3v) is 2.73. The van der Waals surface area contributed by atoms with Crippen LogP contribution in [-0.4, -0.2) is 74.5 Å². The van der Waals surface area contributed by atoms with Crippen molar-refractivity contribution in [2.75, 3.05) is 40.5 Å². The van der Waals surface area contributed by atoms with Crippen LogP contribution in [0.5, 0.6) is 0 Å². The molecule has 0 bridgehead atoms. The lowest BCUT2D eigenvalue weighted by Gasteiger charge is -2.37. The number of carbonyl (C=O) groups is 2. The van der Waals surface area contributed by atoms with Crippen molar-refractivity contribution in [3.8, 4) is 0 Å². The molecule has 0 aliphatic carbocycles. The molecule has 7 nitrogen and oxygen atoms in total. The maximum Gasteiger partial charge on any atom is 0.323 e. The minimum Gasteiger partial charge on any atom is -0.480 e. The quantitative estimate of drug-likeness (QED) is 0.616. The molecular formula is C10H18N2O5. The fourth-order valence-electron chi connectivity index (χ4n) is 1.85. The number of aliphatic carboxylic acids is 1. The number of morpholine rings is 1. The summed E-state index contributed by atoms with van der Waals surface area (Å²) < 4.78 is 10.1. The van der Waals surface area contributed by atoms with E-state index < -0.39 is 18.1 Å². The van der Waals surface area contributed by atoms with Gasteiger partial charge in [0, 0.05) is 20.7 Å². The highest BCUT2D eigenvalue weighted by atomic mass is 16.5. The lowest BCUT2D eigenvalue weighted by Crippen LogP contribution is -2.59. The Kier molecular flexibility index (Phi) is 5.33. The summed E-state index contributed by atoms with van der Waals surface area (Å²) in [5, 5.41) is 11.6. The van der Waals surface area contributed by atoms with Crippen molar-refractivity contribution in [3.63, 3.8) is 0 Å². The maximum absolute atomic E-state index is 11.6. The molecule has 1 rings (SSSR count). The topological polar surface area (TPSA) is 88.1 Å². The lowest BCUT2D eigenvalue weighted by atomic mass is 10.1. The fourth-order valence-corrected chi connectivity index (χ4v) is 1.85. The van der Waals surface area contributed by atoms with Gasteiger partial charge in [0.15, 0.2) is 0 Å². The predicted octanol–water partition coefficient (Wildman–Crippen LogP) is -1.47. The van der Waals surface area contributed by atoms with Crippen molar-refractivity contribution in [2.24, 2.45) is 0 Å². The maximum atomic E-state index is 11.6. The molecule has 0 aromatic heterocycles. The number of methoxy groups -OCH3 is 1. The van der Waals surface area contributed by atoms with Crippen LogP contribution in [0.2, 0.25) is 0 Å². The molecule has 1 aliphatic rings. The number of carbonyl (C=O) groups excluding carboxylic acids is 1. The Morgan fingerprint density at radius 2 is 2.35 bits per heavy atom. The molecule has 0 radical (unpaired) electrons. The monoisotopic (exact) mass is 246 g/mol. The number of nitrogens with zero attached hydrogens (tertiary/aromatic N) is 1. The molecule has 0 saturated carbocycles. The molecule has 0 aromatic carbocycles. The SMILES string of the molecule is CNC(=O)C1COCCN1C(COC)C(=O)O. The number of likely N-dealkylation sites (N-methyl/N-ethyl adjacent to an activating group) is 1. The van der Waals surface area contributed by atoms with Gasteiger partial charge in [-0.2, -0.15) is 0 Å². The van der Waals surface area contributed by atoms with Gasteiger partial charge >= 0.3 is 5.97 Å². The first kappa shape index (κ1) is 13.9. The van der Waals surface area contributed by atoms with Crippen LogP contribution in [0.4, 0.5) is 0 Å². The number of amides is 1. The van der Waals surface area contributed by atoms with E-state index in [9.17, 15) is 9.59 Å². The third-order valence-electron chi connectivity index (χ3n) is 2.73. The van der Waals surface area contributed by atoms with E-state index in [-0.39, 0.29) is 19.1 Å². The smallest absolute Gasteiger partial charge is 0.323 e. The number of nitrogens with one attached hydrogen (secondary N) is 1. The van der Waals surface area contributed by atoms with Gasteiger partial charge in [-0.05, 0) is 0 Å². The van der Waals surface area contributed by atoms with E-state index in [1.165, 1.54) is 14.2 Å². The number of rotatable bonds is 5. The zero-order valence-electron chi connectivity index (χ0n) is 10.0. The fraction of sp³-hybridized carbons (Fsp3) is 0.800. The van der Waals surface area contributed by atoms with Crippen molar-refractivity contribution in [2.45, 2.75) is 12.1 Å². The number of ether oxygens (including phenoxy) is 2. The summed E-state index contributed by atoms with van der Waals surface area (Å²) in [4.78, 5) is 24.4. The second kappa shape index (κ2) is 6.53. The zero-order valence-corrected chi connectivity index (χ0v) is 10.0. The van der Waals surface area contributed by atoms with Gasteiger partial charge in [0.25, 0.3) is 0 Å². The second-order valence-electron chi connectivity index (χ2n) is 3.75. The summed E-state index contributed by atoms with van der Waals surface area (Å²) >= 11 is 0. The number of hydrogen-bond acceptors (Lipinski definition) is 5. The molecular weight excluding hydrogens is 228 g/mol. The highest BCUT2D eigenvalue weighted by Gasteiger charge is 2.37. The van der Waals surface area contributed by atoms with Gasteiger partial charge in [0.1, 0.15) is 12.1 Å². The summed E-state index contributed by atoms with van der Waals surface area (Å²) in [5.41, 5.74) is 0. The van der Waals surface area contributed by atoms with E-state index in [0.717, 1.165) is 0 Å². The number of hydrogen-bond donors (Lipinski definition) is 2. The van der Waals surface area contributed by atoms with E-state index in [1.54, 1.807) is 4.90 Å². The van der Waals surface area contributed by atoms with Gasteiger partial charge < -0.3 is 19.9 Å². The zero-order chi connectivity index (χ0) is 12.8. The Morgan fingerprint density at radius 3 is 2.88 bits per heavy atom. The molecule has 1 fully saturated rings. The van der Waals surface area contributed by atoms with Crippen molar-refractivity contribution >= 4 is 11.9 Å². The molecule has 2 N–H and O–H groups in total. The van der Waals surface area contributed by atoms with Crippen LogP contribution in [0.3, 0.4) is 0 Å². The van der Waals surface area contributed by atoms with E-state index in [4.69, 9.17) is 14.6 Å². The van der Waals surface area contributed by atoms with Gasteiger partial charge in [-0.3, -0.25) is 14.5 Å². The van der Waals surface area contributed by atoms with Crippen LogP contribution in [0, 0.1) is 0 Å².